The van der Waals surface area contributed by atoms with Crippen molar-refractivity contribution in [2.75, 3.05) is 5.32 Å². The Bertz CT molecular complexity index is 1230. The second-order valence-corrected chi connectivity index (χ2v) is 7.34. The lowest BCUT2D eigenvalue weighted by Gasteiger charge is -2.11. The van der Waals surface area contributed by atoms with E-state index in [1.54, 1.807) is 16.6 Å². The molecule has 0 saturated heterocycles. The second-order valence-electron chi connectivity index (χ2n) is 6.93. The highest BCUT2D eigenvalue weighted by Gasteiger charge is 2.17. The molecule has 0 saturated carbocycles. The molecule has 2 aromatic heterocycles. The van der Waals surface area contributed by atoms with Gasteiger partial charge in [-0.15, -0.1) is 5.10 Å². The standard InChI is InChI=1S/C22H20ClN5O/c1-13-8-4-5-9-16(13)21-26-22-24-14(2)17(15(3)28(22)27-21)12-20(29)25-19-11-7-6-10-18(19)23/h4-11H,12H2,1-3H3,(H,25,29). The molecule has 6 nitrogen and oxygen atoms in total. The van der Waals surface area contributed by atoms with Crippen LogP contribution in [0, 0.1) is 20.8 Å². The first-order valence-corrected chi connectivity index (χ1v) is 9.65. The van der Waals surface area contributed by atoms with Gasteiger partial charge in [-0.2, -0.15) is 4.98 Å². The topological polar surface area (TPSA) is 72.2 Å². The third-order valence-electron chi connectivity index (χ3n) is 4.92. The van der Waals surface area contributed by atoms with E-state index in [2.05, 4.69) is 20.4 Å². The van der Waals surface area contributed by atoms with Crippen LogP contribution in [0.5, 0.6) is 0 Å². The van der Waals surface area contributed by atoms with Gasteiger partial charge in [-0.1, -0.05) is 48.0 Å². The van der Waals surface area contributed by atoms with Crippen molar-refractivity contribution in [3.05, 3.63) is 76.1 Å². The lowest BCUT2D eigenvalue weighted by Crippen LogP contribution is -2.18. The van der Waals surface area contributed by atoms with Crippen LogP contribution in [0.15, 0.2) is 48.5 Å². The molecule has 1 amide bonds. The average Bonchev–Trinajstić information content (AvgIpc) is 3.11. The van der Waals surface area contributed by atoms with Gasteiger partial charge in [-0.25, -0.2) is 9.50 Å². The number of amides is 1. The highest BCUT2D eigenvalue weighted by atomic mass is 35.5. The quantitative estimate of drug-likeness (QED) is 0.540. The molecule has 1 N–H and O–H groups in total. The van der Waals surface area contributed by atoms with Gasteiger partial charge in [0.2, 0.25) is 5.91 Å². The molecule has 4 aromatic rings. The Kier molecular flexibility index (Phi) is 5.03. The monoisotopic (exact) mass is 405 g/mol. The van der Waals surface area contributed by atoms with Gasteiger partial charge in [0.1, 0.15) is 0 Å². The van der Waals surface area contributed by atoms with E-state index in [0.29, 0.717) is 22.3 Å². The average molecular weight is 406 g/mol. The number of nitrogens with zero attached hydrogens (tertiary/aromatic N) is 4. The first kappa shape index (κ1) is 19.1. The summed E-state index contributed by atoms with van der Waals surface area (Å²) >= 11 is 6.14. The molecular weight excluding hydrogens is 386 g/mol. The van der Waals surface area contributed by atoms with Crippen molar-refractivity contribution >= 4 is 29.0 Å². The molecular formula is C22H20ClN5O. The van der Waals surface area contributed by atoms with E-state index in [-0.39, 0.29) is 12.3 Å². The third kappa shape index (κ3) is 3.71. The number of carbonyl (C=O) groups is 1. The molecule has 4 rings (SSSR count). The van der Waals surface area contributed by atoms with Crippen molar-refractivity contribution in [1.82, 2.24) is 19.6 Å². The predicted molar refractivity (Wildman–Crippen MR) is 114 cm³/mol. The summed E-state index contributed by atoms with van der Waals surface area (Å²) in [6, 6.07) is 15.1. The number of nitrogens with one attached hydrogen (secondary N) is 1. The first-order valence-electron chi connectivity index (χ1n) is 9.27. The molecule has 0 bridgehead atoms. The number of para-hydroxylation sites is 1. The number of carbonyl (C=O) groups excluding carboxylic acids is 1. The minimum atomic E-state index is -0.162. The summed E-state index contributed by atoms with van der Waals surface area (Å²) in [5.41, 5.74) is 5.07. The highest BCUT2D eigenvalue weighted by molar-refractivity contribution is 6.33. The molecule has 0 spiro atoms. The van der Waals surface area contributed by atoms with E-state index >= 15 is 0 Å². The van der Waals surface area contributed by atoms with Gasteiger partial charge in [-0.05, 0) is 38.5 Å². The molecule has 0 aliphatic carbocycles. The van der Waals surface area contributed by atoms with E-state index in [1.807, 2.05) is 57.2 Å². The van der Waals surface area contributed by atoms with E-state index in [0.717, 1.165) is 28.1 Å². The van der Waals surface area contributed by atoms with Crippen molar-refractivity contribution in [1.29, 1.82) is 0 Å². The van der Waals surface area contributed by atoms with Gasteiger partial charge in [0.15, 0.2) is 5.82 Å². The van der Waals surface area contributed by atoms with Crippen LogP contribution >= 0.6 is 11.6 Å². The summed E-state index contributed by atoms with van der Waals surface area (Å²) in [5, 5.41) is 8.00. The van der Waals surface area contributed by atoms with Crippen LogP contribution in [0.4, 0.5) is 5.69 Å². The van der Waals surface area contributed by atoms with Crippen LogP contribution in [0.25, 0.3) is 17.2 Å². The Morgan fingerprint density at radius 2 is 1.76 bits per heavy atom. The van der Waals surface area contributed by atoms with Gasteiger partial charge in [-0.3, -0.25) is 4.79 Å². The molecule has 2 aromatic carbocycles. The molecule has 7 heteroatoms. The van der Waals surface area contributed by atoms with Crippen LogP contribution in [0.3, 0.4) is 0 Å². The Morgan fingerprint density at radius 3 is 2.52 bits per heavy atom. The van der Waals surface area contributed by atoms with E-state index in [1.165, 1.54) is 0 Å². The molecule has 2 heterocycles. The van der Waals surface area contributed by atoms with Crippen molar-refractivity contribution in [2.24, 2.45) is 0 Å². The summed E-state index contributed by atoms with van der Waals surface area (Å²) < 4.78 is 1.70. The largest absolute Gasteiger partial charge is 0.324 e. The molecule has 0 unspecified atom stereocenters. The number of anilines is 1. The normalized spacial score (nSPS) is 11.0. The maximum atomic E-state index is 12.6. The lowest BCUT2D eigenvalue weighted by molar-refractivity contribution is -0.115. The third-order valence-corrected chi connectivity index (χ3v) is 5.25. The zero-order valence-electron chi connectivity index (χ0n) is 16.4. The maximum absolute atomic E-state index is 12.6. The Morgan fingerprint density at radius 1 is 1.03 bits per heavy atom. The minimum absolute atomic E-state index is 0.162. The minimum Gasteiger partial charge on any atom is -0.324 e. The molecule has 0 fully saturated rings. The van der Waals surface area contributed by atoms with Crippen LogP contribution in [-0.4, -0.2) is 25.5 Å². The number of halogens is 1. The van der Waals surface area contributed by atoms with Crippen molar-refractivity contribution in [3.8, 4) is 11.4 Å². The summed E-state index contributed by atoms with van der Waals surface area (Å²) in [7, 11) is 0. The number of hydrogen-bond acceptors (Lipinski definition) is 4. The van der Waals surface area contributed by atoms with E-state index < -0.39 is 0 Å². The maximum Gasteiger partial charge on any atom is 0.253 e. The van der Waals surface area contributed by atoms with E-state index in [4.69, 9.17) is 11.6 Å². The molecule has 0 aliphatic heterocycles. The number of fused-ring (bicyclic) bond motifs is 1. The number of aryl methyl sites for hydroxylation is 3. The molecule has 29 heavy (non-hydrogen) atoms. The number of aromatic nitrogens is 4. The van der Waals surface area contributed by atoms with E-state index in [9.17, 15) is 4.79 Å². The number of rotatable bonds is 4. The van der Waals surface area contributed by atoms with Gasteiger partial charge < -0.3 is 5.32 Å². The van der Waals surface area contributed by atoms with Crippen LogP contribution < -0.4 is 5.32 Å². The van der Waals surface area contributed by atoms with Crippen molar-refractivity contribution in [3.63, 3.8) is 0 Å². The Labute approximate surface area is 173 Å². The second kappa shape index (κ2) is 7.64. The zero-order chi connectivity index (χ0) is 20.5. The van der Waals surface area contributed by atoms with Crippen molar-refractivity contribution in [2.45, 2.75) is 27.2 Å². The number of hydrogen-bond donors (Lipinski definition) is 1. The summed E-state index contributed by atoms with van der Waals surface area (Å²) in [6.45, 7) is 5.83. The molecule has 146 valence electrons. The van der Waals surface area contributed by atoms with Gasteiger partial charge in [0, 0.05) is 22.5 Å². The SMILES string of the molecule is Cc1ccccc1-c1nc2nc(C)c(CC(=O)Nc3ccccc3Cl)c(C)n2n1. The van der Waals surface area contributed by atoms with Crippen LogP contribution in [0.1, 0.15) is 22.5 Å². The molecule has 0 aliphatic rings. The van der Waals surface area contributed by atoms with Crippen LogP contribution in [0.2, 0.25) is 5.02 Å². The Hall–Kier alpha value is -3.25. The number of benzene rings is 2. The summed E-state index contributed by atoms with van der Waals surface area (Å²) in [4.78, 5) is 21.8. The first-order chi connectivity index (χ1) is 13.9. The lowest BCUT2D eigenvalue weighted by atomic mass is 10.1. The fourth-order valence-electron chi connectivity index (χ4n) is 3.32. The van der Waals surface area contributed by atoms with Crippen molar-refractivity contribution < 1.29 is 4.79 Å². The van der Waals surface area contributed by atoms with Gasteiger partial charge in [0.25, 0.3) is 5.78 Å². The van der Waals surface area contributed by atoms with Gasteiger partial charge >= 0.3 is 0 Å². The predicted octanol–water partition coefficient (Wildman–Crippen LogP) is 4.55. The van der Waals surface area contributed by atoms with Gasteiger partial charge in [0.05, 0.1) is 17.1 Å². The fourth-order valence-corrected chi connectivity index (χ4v) is 3.50. The summed E-state index contributed by atoms with van der Waals surface area (Å²) in [5.74, 6) is 0.981. The smallest absolute Gasteiger partial charge is 0.253 e. The molecule has 0 atom stereocenters. The zero-order valence-corrected chi connectivity index (χ0v) is 17.2. The summed E-state index contributed by atoms with van der Waals surface area (Å²) in [6.07, 6.45) is 0.172. The molecule has 0 radical (unpaired) electrons. The highest BCUT2D eigenvalue weighted by Crippen LogP contribution is 2.23. The van der Waals surface area contributed by atoms with Crippen LogP contribution in [-0.2, 0) is 11.2 Å². The Balaban J connectivity index is 1.67. The fraction of sp³-hybridized carbons (Fsp3) is 0.182.